The van der Waals surface area contributed by atoms with Crippen LogP contribution in [0.2, 0.25) is 0 Å². The molecule has 0 saturated carbocycles. The number of carbonyl (C=O) groups excluding carboxylic acids is 2. The zero-order chi connectivity index (χ0) is 21.3. The van der Waals surface area contributed by atoms with Crippen molar-refractivity contribution in [2.45, 2.75) is 56.4 Å². The summed E-state index contributed by atoms with van der Waals surface area (Å²) in [5.41, 5.74) is 1.81. The summed E-state index contributed by atoms with van der Waals surface area (Å²) in [6, 6.07) is 12.3. The van der Waals surface area contributed by atoms with E-state index in [0.29, 0.717) is 25.2 Å². The zero-order valence-corrected chi connectivity index (χ0v) is 18.4. The molecule has 6 nitrogen and oxygen atoms in total. The summed E-state index contributed by atoms with van der Waals surface area (Å²) in [7, 11) is 0. The van der Waals surface area contributed by atoms with Crippen LogP contribution in [-0.2, 0) is 16.0 Å². The van der Waals surface area contributed by atoms with E-state index >= 15 is 0 Å². The lowest BCUT2D eigenvalue weighted by molar-refractivity contribution is -0.133. The van der Waals surface area contributed by atoms with Crippen LogP contribution in [-0.4, -0.2) is 45.3 Å². The molecular weight excluding hydrogens is 408 g/mol. The van der Waals surface area contributed by atoms with Gasteiger partial charge in [0.05, 0.1) is 11.0 Å². The minimum atomic E-state index is -0.274. The number of imidazole rings is 1. The van der Waals surface area contributed by atoms with Gasteiger partial charge in [-0.25, -0.2) is 4.98 Å². The van der Waals surface area contributed by atoms with Crippen molar-refractivity contribution in [3.8, 4) is 0 Å². The van der Waals surface area contributed by atoms with Crippen molar-refractivity contribution >= 4 is 34.2 Å². The Morgan fingerprint density at radius 1 is 1.19 bits per heavy atom. The van der Waals surface area contributed by atoms with E-state index < -0.39 is 0 Å². The number of aromatic amines is 1. The highest BCUT2D eigenvalue weighted by Crippen LogP contribution is 2.32. The molecule has 2 aliphatic rings. The normalized spacial score (nSPS) is 22.2. The molecule has 2 N–H and O–H groups in total. The largest absolute Gasteiger partial charge is 0.350 e. The summed E-state index contributed by atoms with van der Waals surface area (Å²) >= 11 is 1.72. The van der Waals surface area contributed by atoms with Crippen molar-refractivity contribution in [2.75, 3.05) is 13.1 Å². The number of fused-ring (bicyclic) bond motifs is 1. The Labute approximate surface area is 186 Å². The summed E-state index contributed by atoms with van der Waals surface area (Å²) in [5.74, 6) is 1.72. The molecule has 0 radical (unpaired) electrons. The van der Waals surface area contributed by atoms with E-state index in [2.05, 4.69) is 27.8 Å². The molecule has 0 bridgehead atoms. The second-order valence-electron chi connectivity index (χ2n) is 8.88. The fourth-order valence-electron chi connectivity index (χ4n) is 5.00. The van der Waals surface area contributed by atoms with Crippen molar-refractivity contribution in [1.29, 1.82) is 0 Å². The fraction of sp³-hybridized carbons (Fsp3) is 0.458. The van der Waals surface area contributed by atoms with E-state index in [1.807, 2.05) is 29.2 Å². The number of aromatic nitrogens is 2. The molecule has 3 aromatic rings. The molecule has 2 fully saturated rings. The lowest BCUT2D eigenvalue weighted by atomic mass is 9.87. The second kappa shape index (κ2) is 8.46. The van der Waals surface area contributed by atoms with Gasteiger partial charge in [-0.05, 0) is 49.3 Å². The average Bonchev–Trinajstić information content (AvgIpc) is 3.53. The number of nitrogens with one attached hydrogen (secondary N) is 2. The number of benzene rings is 1. The van der Waals surface area contributed by atoms with Crippen molar-refractivity contribution in [1.82, 2.24) is 20.2 Å². The van der Waals surface area contributed by atoms with Gasteiger partial charge < -0.3 is 15.2 Å². The van der Waals surface area contributed by atoms with Gasteiger partial charge in [-0.2, -0.15) is 0 Å². The van der Waals surface area contributed by atoms with Crippen LogP contribution in [0.15, 0.2) is 41.8 Å². The Bertz CT molecular complexity index is 1040. The van der Waals surface area contributed by atoms with Gasteiger partial charge in [-0.1, -0.05) is 18.2 Å². The van der Waals surface area contributed by atoms with Crippen LogP contribution in [0.5, 0.6) is 0 Å². The highest BCUT2D eigenvalue weighted by Gasteiger charge is 2.38. The molecule has 2 aromatic heterocycles. The quantitative estimate of drug-likeness (QED) is 0.613. The van der Waals surface area contributed by atoms with Gasteiger partial charge in [0.1, 0.15) is 5.82 Å². The highest BCUT2D eigenvalue weighted by molar-refractivity contribution is 7.09. The number of hydrogen-bond donors (Lipinski definition) is 2. The fourth-order valence-corrected chi connectivity index (χ4v) is 5.85. The third kappa shape index (κ3) is 4.37. The third-order valence-corrected chi connectivity index (χ3v) is 7.66. The number of likely N-dealkylation sites (tertiary alicyclic amines) is 1. The van der Waals surface area contributed by atoms with Gasteiger partial charge >= 0.3 is 0 Å². The first-order chi connectivity index (χ1) is 15.1. The molecule has 31 heavy (non-hydrogen) atoms. The van der Waals surface area contributed by atoms with Crippen LogP contribution < -0.4 is 5.32 Å². The molecule has 7 heteroatoms. The van der Waals surface area contributed by atoms with Gasteiger partial charge in [0.2, 0.25) is 11.8 Å². The van der Waals surface area contributed by atoms with E-state index in [-0.39, 0.29) is 17.4 Å². The van der Waals surface area contributed by atoms with Crippen LogP contribution in [0, 0.1) is 0 Å². The Morgan fingerprint density at radius 3 is 2.74 bits per heavy atom. The SMILES string of the molecule is O=C1CC[C@](CCC(=O)N2CCC(c3nc4ccccc4[nH]3)CC2)(Cc2cccs2)N1. The number of carbonyl (C=O) groups is 2. The summed E-state index contributed by atoms with van der Waals surface area (Å²) in [6.45, 7) is 1.54. The smallest absolute Gasteiger partial charge is 0.222 e. The van der Waals surface area contributed by atoms with Crippen LogP contribution in [0.1, 0.15) is 55.1 Å². The number of rotatable bonds is 6. The van der Waals surface area contributed by atoms with Gasteiger partial charge in [0.15, 0.2) is 0 Å². The predicted octanol–water partition coefficient (Wildman–Crippen LogP) is 4.00. The maximum atomic E-state index is 13.0. The molecule has 1 aromatic carbocycles. The Balaban J connectivity index is 1.17. The van der Waals surface area contributed by atoms with Crippen molar-refractivity contribution in [2.24, 2.45) is 0 Å². The molecule has 162 valence electrons. The molecule has 1 atom stereocenters. The molecule has 0 unspecified atom stereocenters. The predicted molar refractivity (Wildman–Crippen MR) is 122 cm³/mol. The number of para-hydroxylation sites is 2. The van der Waals surface area contributed by atoms with Gasteiger partial charge in [0.25, 0.3) is 0 Å². The minimum absolute atomic E-state index is 0.107. The van der Waals surface area contributed by atoms with Crippen LogP contribution in [0.4, 0.5) is 0 Å². The number of thiophene rings is 1. The zero-order valence-electron chi connectivity index (χ0n) is 17.6. The van der Waals surface area contributed by atoms with E-state index in [4.69, 9.17) is 4.98 Å². The maximum absolute atomic E-state index is 13.0. The first-order valence-electron chi connectivity index (χ1n) is 11.2. The summed E-state index contributed by atoms with van der Waals surface area (Å²) in [5, 5.41) is 5.26. The number of H-pyrrole nitrogens is 1. The molecule has 0 aliphatic carbocycles. The Kier molecular flexibility index (Phi) is 5.52. The van der Waals surface area contributed by atoms with E-state index in [0.717, 1.165) is 55.6 Å². The van der Waals surface area contributed by atoms with E-state index in [1.165, 1.54) is 4.88 Å². The van der Waals surface area contributed by atoms with Gasteiger partial charge in [-0.15, -0.1) is 11.3 Å². The first kappa shape index (κ1) is 20.2. The molecular formula is C24H28N4O2S. The van der Waals surface area contributed by atoms with Crippen LogP contribution in [0.3, 0.4) is 0 Å². The minimum Gasteiger partial charge on any atom is -0.350 e. The molecule has 2 saturated heterocycles. The third-order valence-electron chi connectivity index (χ3n) is 6.79. The van der Waals surface area contributed by atoms with Crippen molar-refractivity contribution in [3.05, 3.63) is 52.5 Å². The number of hydrogen-bond acceptors (Lipinski definition) is 4. The number of amides is 2. The summed E-state index contributed by atoms with van der Waals surface area (Å²) in [4.78, 5) is 36.4. The molecule has 5 rings (SSSR count). The molecule has 2 amide bonds. The highest BCUT2D eigenvalue weighted by atomic mass is 32.1. The average molecular weight is 437 g/mol. The van der Waals surface area contributed by atoms with E-state index in [9.17, 15) is 9.59 Å². The Morgan fingerprint density at radius 2 is 2.03 bits per heavy atom. The van der Waals surface area contributed by atoms with Gasteiger partial charge in [0, 0.05) is 48.7 Å². The standard InChI is InChI=1S/C24H28N4O2S/c29-21-7-11-24(27-21,16-18-4-3-15-31-18)12-8-22(30)28-13-9-17(10-14-28)23-25-19-5-1-2-6-20(19)26-23/h1-6,15,17H,7-14,16H2,(H,25,26)(H,27,29)/t24-/m0/s1. The first-order valence-corrected chi connectivity index (χ1v) is 12.0. The van der Waals surface area contributed by atoms with Gasteiger partial charge in [-0.3, -0.25) is 9.59 Å². The molecule has 4 heterocycles. The lowest BCUT2D eigenvalue weighted by Gasteiger charge is -2.33. The topological polar surface area (TPSA) is 78.1 Å². The number of piperidine rings is 1. The van der Waals surface area contributed by atoms with E-state index in [1.54, 1.807) is 11.3 Å². The summed E-state index contributed by atoms with van der Waals surface area (Å²) in [6.07, 6.45) is 5.25. The number of nitrogens with zero attached hydrogens (tertiary/aromatic N) is 2. The van der Waals surface area contributed by atoms with Crippen LogP contribution >= 0.6 is 11.3 Å². The van der Waals surface area contributed by atoms with Crippen LogP contribution in [0.25, 0.3) is 11.0 Å². The monoisotopic (exact) mass is 436 g/mol. The Hall–Kier alpha value is -2.67. The lowest BCUT2D eigenvalue weighted by Crippen LogP contribution is -2.45. The van der Waals surface area contributed by atoms with Crippen molar-refractivity contribution in [3.63, 3.8) is 0 Å². The van der Waals surface area contributed by atoms with Crippen molar-refractivity contribution < 1.29 is 9.59 Å². The molecule has 2 aliphatic heterocycles. The molecule has 0 spiro atoms. The maximum Gasteiger partial charge on any atom is 0.222 e. The second-order valence-corrected chi connectivity index (χ2v) is 9.91. The summed E-state index contributed by atoms with van der Waals surface area (Å²) < 4.78 is 0.